The van der Waals surface area contributed by atoms with E-state index in [1.54, 1.807) is 0 Å². The number of para-hydroxylation sites is 1. The van der Waals surface area contributed by atoms with E-state index in [0.29, 0.717) is 32.5 Å². The zero-order valence-corrected chi connectivity index (χ0v) is 15.2. The second-order valence-electron chi connectivity index (χ2n) is 7.17. The Labute approximate surface area is 158 Å². The van der Waals surface area contributed by atoms with Gasteiger partial charge in [-0.1, -0.05) is 48.5 Å². The molecule has 4 rings (SSSR count). The molecule has 1 unspecified atom stereocenters. The van der Waals surface area contributed by atoms with E-state index in [2.05, 4.69) is 10.3 Å². The summed E-state index contributed by atoms with van der Waals surface area (Å²) in [7, 11) is 0. The van der Waals surface area contributed by atoms with Crippen LogP contribution >= 0.6 is 0 Å². The number of nitrogens with zero attached hydrogens (tertiary/aromatic N) is 1. The van der Waals surface area contributed by atoms with Crippen molar-refractivity contribution in [2.75, 3.05) is 13.1 Å². The monoisotopic (exact) mass is 361 g/mol. The molecule has 5 heteroatoms. The Morgan fingerprint density at radius 1 is 1.11 bits per heavy atom. The van der Waals surface area contributed by atoms with E-state index in [-0.39, 0.29) is 17.7 Å². The molecule has 2 aromatic carbocycles. The number of benzene rings is 2. The number of fused-ring (bicyclic) bond motifs is 1. The highest BCUT2D eigenvalue weighted by atomic mass is 16.2. The maximum atomic E-state index is 12.3. The summed E-state index contributed by atoms with van der Waals surface area (Å²) >= 11 is 0. The summed E-state index contributed by atoms with van der Waals surface area (Å²) < 4.78 is 0. The summed E-state index contributed by atoms with van der Waals surface area (Å²) in [5.74, 6) is 0.330. The van der Waals surface area contributed by atoms with Crippen molar-refractivity contribution in [1.29, 1.82) is 0 Å². The van der Waals surface area contributed by atoms with Gasteiger partial charge >= 0.3 is 0 Å². The third-order valence-electron chi connectivity index (χ3n) is 5.12. The van der Waals surface area contributed by atoms with Crippen molar-refractivity contribution in [3.8, 4) is 0 Å². The molecule has 2 N–H and O–H groups in total. The number of rotatable bonds is 6. The lowest BCUT2D eigenvalue weighted by molar-refractivity contribution is -0.128. The first-order valence-corrected chi connectivity index (χ1v) is 9.32. The molecule has 0 spiro atoms. The zero-order valence-electron chi connectivity index (χ0n) is 15.2. The minimum atomic E-state index is -0.00582. The van der Waals surface area contributed by atoms with Crippen molar-refractivity contribution in [3.63, 3.8) is 0 Å². The molecule has 2 amide bonds. The Kier molecular flexibility index (Phi) is 4.92. The number of aromatic nitrogens is 1. The van der Waals surface area contributed by atoms with E-state index in [1.807, 2.05) is 65.7 Å². The number of carbonyl (C=O) groups is 2. The predicted octanol–water partition coefficient (Wildman–Crippen LogP) is 2.88. The summed E-state index contributed by atoms with van der Waals surface area (Å²) in [5.41, 5.74) is 3.17. The molecule has 1 saturated heterocycles. The number of nitrogens with one attached hydrogen (secondary N) is 2. The summed E-state index contributed by atoms with van der Waals surface area (Å²) in [6.45, 7) is 1.87. The highest BCUT2D eigenvalue weighted by Crippen LogP contribution is 2.20. The third kappa shape index (κ3) is 4.03. The summed E-state index contributed by atoms with van der Waals surface area (Å²) in [4.78, 5) is 29.7. The second kappa shape index (κ2) is 7.66. The number of aromatic amines is 1. The van der Waals surface area contributed by atoms with Gasteiger partial charge in [0.05, 0.1) is 6.42 Å². The molecule has 2 heterocycles. The highest BCUT2D eigenvalue weighted by molar-refractivity contribution is 5.88. The fourth-order valence-electron chi connectivity index (χ4n) is 3.72. The van der Waals surface area contributed by atoms with Crippen LogP contribution in [0.25, 0.3) is 10.9 Å². The number of hydrogen-bond donors (Lipinski definition) is 2. The van der Waals surface area contributed by atoms with Gasteiger partial charge in [0, 0.05) is 49.1 Å². The maximum Gasteiger partial charge on any atom is 0.224 e. The molecule has 1 aliphatic rings. The molecule has 1 fully saturated rings. The Morgan fingerprint density at radius 2 is 1.89 bits per heavy atom. The molecule has 1 atom stereocenters. The van der Waals surface area contributed by atoms with Crippen molar-refractivity contribution in [2.24, 2.45) is 5.92 Å². The molecular formula is C22H23N3O2. The van der Waals surface area contributed by atoms with E-state index in [1.165, 1.54) is 0 Å². The van der Waals surface area contributed by atoms with Gasteiger partial charge in [0.25, 0.3) is 0 Å². The number of amides is 2. The van der Waals surface area contributed by atoms with Crippen LogP contribution in [0.4, 0.5) is 0 Å². The molecule has 138 valence electrons. The van der Waals surface area contributed by atoms with Crippen molar-refractivity contribution < 1.29 is 9.59 Å². The molecule has 27 heavy (non-hydrogen) atoms. The summed E-state index contributed by atoms with van der Waals surface area (Å²) in [6.07, 6.45) is 2.74. The number of hydrogen-bond acceptors (Lipinski definition) is 2. The van der Waals surface area contributed by atoms with E-state index in [9.17, 15) is 9.59 Å². The second-order valence-corrected chi connectivity index (χ2v) is 7.17. The van der Waals surface area contributed by atoms with Crippen molar-refractivity contribution in [2.45, 2.75) is 19.4 Å². The van der Waals surface area contributed by atoms with Crippen LogP contribution < -0.4 is 5.32 Å². The van der Waals surface area contributed by atoms with E-state index >= 15 is 0 Å². The van der Waals surface area contributed by atoms with Gasteiger partial charge in [-0.25, -0.2) is 0 Å². The molecule has 0 aliphatic carbocycles. The molecule has 1 aromatic heterocycles. The Balaban J connectivity index is 1.29. The Hall–Kier alpha value is -3.08. The van der Waals surface area contributed by atoms with Gasteiger partial charge in [-0.3, -0.25) is 9.59 Å². The summed E-state index contributed by atoms with van der Waals surface area (Å²) in [6, 6.07) is 18.0. The van der Waals surface area contributed by atoms with Crippen LogP contribution in [0, 0.1) is 5.92 Å². The van der Waals surface area contributed by atoms with Crippen LogP contribution in [0.1, 0.15) is 17.5 Å². The molecular weight excluding hydrogens is 338 g/mol. The van der Waals surface area contributed by atoms with Gasteiger partial charge in [0.15, 0.2) is 0 Å². The van der Waals surface area contributed by atoms with Gasteiger partial charge < -0.3 is 15.2 Å². The fourth-order valence-corrected chi connectivity index (χ4v) is 3.72. The van der Waals surface area contributed by atoms with Crippen molar-refractivity contribution in [3.05, 3.63) is 71.9 Å². The lowest BCUT2D eigenvalue weighted by atomic mass is 10.1. The highest BCUT2D eigenvalue weighted by Gasteiger charge is 2.29. The number of likely N-dealkylation sites (tertiary alicyclic amines) is 1. The molecule has 5 nitrogen and oxygen atoms in total. The average molecular weight is 361 g/mol. The summed E-state index contributed by atoms with van der Waals surface area (Å²) in [5, 5.41) is 4.08. The first kappa shape index (κ1) is 17.3. The van der Waals surface area contributed by atoms with Crippen molar-refractivity contribution in [1.82, 2.24) is 15.2 Å². The zero-order chi connectivity index (χ0) is 18.6. The molecule has 0 radical (unpaired) electrons. The molecule has 0 bridgehead atoms. The third-order valence-corrected chi connectivity index (χ3v) is 5.12. The Morgan fingerprint density at radius 3 is 2.74 bits per heavy atom. The van der Waals surface area contributed by atoms with E-state index < -0.39 is 0 Å². The normalized spacial score (nSPS) is 16.8. The van der Waals surface area contributed by atoms with Crippen LogP contribution in [-0.4, -0.2) is 34.8 Å². The standard InChI is InChI=1S/C22H23N3O2/c26-21(11-18-13-23-20-9-5-4-8-19(18)20)24-12-17-10-22(27)25(15-17)14-16-6-2-1-3-7-16/h1-9,13,17,23H,10-12,14-15H2,(H,24,26). The number of H-pyrrole nitrogens is 1. The minimum absolute atomic E-state index is 0.00582. The lowest BCUT2D eigenvalue weighted by Gasteiger charge is -2.17. The van der Waals surface area contributed by atoms with Gasteiger partial charge in [-0.2, -0.15) is 0 Å². The lowest BCUT2D eigenvalue weighted by Crippen LogP contribution is -2.32. The van der Waals surface area contributed by atoms with E-state index in [4.69, 9.17) is 0 Å². The number of carbonyl (C=O) groups excluding carboxylic acids is 2. The predicted molar refractivity (Wildman–Crippen MR) is 105 cm³/mol. The quantitative estimate of drug-likeness (QED) is 0.709. The SMILES string of the molecule is O=C(Cc1c[nH]c2ccccc12)NCC1CC(=O)N(Cc2ccccc2)C1. The van der Waals surface area contributed by atoms with Crippen LogP contribution in [0.15, 0.2) is 60.8 Å². The Bertz CT molecular complexity index is 948. The van der Waals surface area contributed by atoms with Gasteiger partial charge in [-0.15, -0.1) is 0 Å². The smallest absolute Gasteiger partial charge is 0.224 e. The first-order valence-electron chi connectivity index (χ1n) is 9.32. The van der Waals surface area contributed by atoms with Crippen LogP contribution in [0.5, 0.6) is 0 Å². The van der Waals surface area contributed by atoms with Crippen LogP contribution in [0.3, 0.4) is 0 Å². The van der Waals surface area contributed by atoms with Gasteiger partial charge in [-0.05, 0) is 17.2 Å². The first-order chi connectivity index (χ1) is 13.2. The van der Waals surface area contributed by atoms with Gasteiger partial charge in [0.2, 0.25) is 11.8 Å². The van der Waals surface area contributed by atoms with Crippen molar-refractivity contribution >= 4 is 22.7 Å². The fraction of sp³-hybridized carbons (Fsp3) is 0.273. The maximum absolute atomic E-state index is 12.3. The topological polar surface area (TPSA) is 65.2 Å². The van der Waals surface area contributed by atoms with Gasteiger partial charge in [0.1, 0.15) is 0 Å². The molecule has 1 aliphatic heterocycles. The minimum Gasteiger partial charge on any atom is -0.361 e. The van der Waals surface area contributed by atoms with Crippen LogP contribution in [0.2, 0.25) is 0 Å². The van der Waals surface area contributed by atoms with Crippen LogP contribution in [-0.2, 0) is 22.6 Å². The molecule has 0 saturated carbocycles. The average Bonchev–Trinajstić information content (AvgIpc) is 3.25. The van der Waals surface area contributed by atoms with E-state index in [0.717, 1.165) is 22.0 Å². The molecule has 3 aromatic rings. The largest absolute Gasteiger partial charge is 0.361 e.